The highest BCUT2D eigenvalue weighted by molar-refractivity contribution is 5.91. The van der Waals surface area contributed by atoms with Crippen LogP contribution in [0.1, 0.15) is 54.4 Å². The zero-order chi connectivity index (χ0) is 24.8. The van der Waals surface area contributed by atoms with E-state index in [2.05, 4.69) is 6.58 Å². The zero-order valence-corrected chi connectivity index (χ0v) is 20.0. The van der Waals surface area contributed by atoms with Gasteiger partial charge in [0.1, 0.15) is 24.4 Å². The molecule has 9 nitrogen and oxygen atoms in total. The maximum Gasteiger partial charge on any atom is 0.334 e. The Kier molecular flexibility index (Phi) is 6.94. The van der Waals surface area contributed by atoms with Crippen LogP contribution in [0.3, 0.4) is 0 Å². The lowest BCUT2D eigenvalue weighted by Gasteiger charge is -2.44. The van der Waals surface area contributed by atoms with Gasteiger partial charge in [0, 0.05) is 37.2 Å². The second-order valence-corrected chi connectivity index (χ2v) is 9.81. The summed E-state index contributed by atoms with van der Waals surface area (Å²) >= 11 is 0. The third-order valence-corrected chi connectivity index (χ3v) is 7.78. The fourth-order valence-electron chi connectivity index (χ4n) is 5.96. The van der Waals surface area contributed by atoms with Crippen LogP contribution in [-0.4, -0.2) is 59.5 Å². The molecule has 184 valence electrons. The van der Waals surface area contributed by atoms with Gasteiger partial charge in [-0.25, -0.2) is 4.79 Å². The Morgan fingerprint density at radius 2 is 1.82 bits per heavy atom. The van der Waals surface area contributed by atoms with Gasteiger partial charge in [-0.2, -0.15) is 0 Å². The summed E-state index contributed by atoms with van der Waals surface area (Å²) in [4.78, 5) is 49.3. The number of aliphatic hydroxyl groups excluding tert-OH is 1. The van der Waals surface area contributed by atoms with Crippen molar-refractivity contribution in [2.24, 2.45) is 29.1 Å². The minimum absolute atomic E-state index is 0.0843. The first kappa shape index (κ1) is 25.2. The van der Waals surface area contributed by atoms with Crippen molar-refractivity contribution in [2.45, 2.75) is 84.9 Å². The summed E-state index contributed by atoms with van der Waals surface area (Å²) in [6.07, 6.45) is -3.85. The van der Waals surface area contributed by atoms with E-state index in [0.29, 0.717) is 6.42 Å². The highest BCUT2D eigenvalue weighted by Gasteiger charge is 2.69. The fourth-order valence-corrected chi connectivity index (χ4v) is 5.96. The van der Waals surface area contributed by atoms with Gasteiger partial charge < -0.3 is 24.1 Å². The average Bonchev–Trinajstić information content (AvgIpc) is 3.15. The first-order chi connectivity index (χ1) is 15.3. The molecule has 0 aromatic rings. The van der Waals surface area contributed by atoms with Gasteiger partial charge >= 0.3 is 23.9 Å². The SMILES string of the molecule is C=C1C(=O)O[C@H]2[C@H](O)[C@@H](C)[C@@H]3[C@@H](OC(=O)[C@H](C)CC)C[C@@H](OC(C)=O)[C@@]3(C)[C@H](OC(C)=O)[C@H]12. The molecule has 2 aliphatic carbocycles. The van der Waals surface area contributed by atoms with E-state index >= 15 is 0 Å². The Hall–Kier alpha value is -2.42. The summed E-state index contributed by atoms with van der Waals surface area (Å²) < 4.78 is 22.8. The van der Waals surface area contributed by atoms with E-state index in [1.807, 2.05) is 6.92 Å². The molecule has 0 aromatic carbocycles. The average molecular weight is 467 g/mol. The quantitative estimate of drug-likeness (QED) is 0.367. The highest BCUT2D eigenvalue weighted by atomic mass is 16.6. The topological polar surface area (TPSA) is 125 Å². The number of carbonyl (C=O) groups is 4. The van der Waals surface area contributed by atoms with Crippen LogP contribution in [0.25, 0.3) is 0 Å². The number of hydrogen-bond acceptors (Lipinski definition) is 9. The van der Waals surface area contributed by atoms with Crippen LogP contribution in [-0.2, 0) is 38.1 Å². The van der Waals surface area contributed by atoms with E-state index < -0.39 is 71.6 Å². The Balaban J connectivity index is 2.16. The molecule has 3 rings (SSSR count). The number of hydrogen-bond donors (Lipinski definition) is 1. The lowest BCUT2D eigenvalue weighted by atomic mass is 9.66. The third-order valence-electron chi connectivity index (χ3n) is 7.78. The Labute approximate surface area is 193 Å². The molecule has 1 N–H and O–H groups in total. The molecular weight excluding hydrogens is 432 g/mol. The number of aliphatic hydroxyl groups is 1. The standard InChI is InChI=1S/C24H34O9/c1-8-10(2)22(28)32-15-9-16(30-13(5)25)24(7)18(15)12(4)19(27)20-17(11(3)23(29)33-20)21(24)31-14(6)26/h10,12,15-21,27H,3,8-9H2,1-2,4-7H3/t10-,12+,15+,16-,17-,18-,19-,20-,21-,24-/m1/s1. The van der Waals surface area contributed by atoms with Crippen LogP contribution in [0.5, 0.6) is 0 Å². The van der Waals surface area contributed by atoms with Crippen LogP contribution in [0.15, 0.2) is 12.2 Å². The van der Waals surface area contributed by atoms with E-state index in [9.17, 15) is 24.3 Å². The van der Waals surface area contributed by atoms with Gasteiger partial charge in [-0.15, -0.1) is 0 Å². The van der Waals surface area contributed by atoms with Crippen molar-refractivity contribution in [1.29, 1.82) is 0 Å². The molecule has 3 aliphatic rings. The van der Waals surface area contributed by atoms with E-state index in [0.717, 1.165) is 0 Å². The zero-order valence-electron chi connectivity index (χ0n) is 20.0. The predicted octanol–water partition coefficient (Wildman–Crippen LogP) is 1.94. The van der Waals surface area contributed by atoms with Gasteiger partial charge in [0.15, 0.2) is 0 Å². The molecule has 9 heteroatoms. The summed E-state index contributed by atoms with van der Waals surface area (Å²) in [5.74, 6) is -4.46. The second kappa shape index (κ2) is 9.08. The molecule has 1 heterocycles. The molecule has 0 aromatic heterocycles. The molecule has 0 unspecified atom stereocenters. The van der Waals surface area contributed by atoms with Crippen molar-refractivity contribution in [3.63, 3.8) is 0 Å². The molecule has 33 heavy (non-hydrogen) atoms. The van der Waals surface area contributed by atoms with E-state index in [1.165, 1.54) is 13.8 Å². The Morgan fingerprint density at radius 3 is 2.36 bits per heavy atom. The Bertz CT molecular complexity index is 851. The van der Waals surface area contributed by atoms with Crippen molar-refractivity contribution in [2.75, 3.05) is 0 Å². The van der Waals surface area contributed by atoms with Crippen LogP contribution in [0.4, 0.5) is 0 Å². The van der Waals surface area contributed by atoms with Crippen LogP contribution in [0.2, 0.25) is 0 Å². The molecular formula is C24H34O9. The molecule has 0 spiro atoms. The Morgan fingerprint density at radius 1 is 1.21 bits per heavy atom. The fraction of sp³-hybridized carbons (Fsp3) is 0.750. The van der Waals surface area contributed by atoms with Gasteiger partial charge in [-0.05, 0) is 12.3 Å². The lowest BCUT2D eigenvalue weighted by molar-refractivity contribution is -0.179. The van der Waals surface area contributed by atoms with Crippen LogP contribution >= 0.6 is 0 Å². The first-order valence-corrected chi connectivity index (χ1v) is 11.5. The van der Waals surface area contributed by atoms with Crippen molar-refractivity contribution in [3.8, 4) is 0 Å². The number of esters is 4. The summed E-state index contributed by atoms with van der Waals surface area (Å²) in [5, 5.41) is 11.2. The van der Waals surface area contributed by atoms with Crippen LogP contribution in [0, 0.1) is 29.1 Å². The number of rotatable bonds is 5. The molecule has 0 radical (unpaired) electrons. The third kappa shape index (κ3) is 4.16. The molecule has 10 atom stereocenters. The van der Waals surface area contributed by atoms with E-state index in [4.69, 9.17) is 18.9 Å². The lowest BCUT2D eigenvalue weighted by Crippen LogP contribution is -2.52. The number of carbonyl (C=O) groups excluding carboxylic acids is 4. The summed E-state index contributed by atoms with van der Waals surface area (Å²) in [7, 11) is 0. The normalized spacial score (nSPS) is 40.7. The van der Waals surface area contributed by atoms with Gasteiger partial charge in [-0.1, -0.05) is 34.3 Å². The van der Waals surface area contributed by atoms with Gasteiger partial charge in [0.25, 0.3) is 0 Å². The van der Waals surface area contributed by atoms with Crippen molar-refractivity contribution in [3.05, 3.63) is 12.2 Å². The predicted molar refractivity (Wildman–Crippen MR) is 114 cm³/mol. The van der Waals surface area contributed by atoms with Crippen molar-refractivity contribution in [1.82, 2.24) is 0 Å². The summed E-state index contributed by atoms with van der Waals surface area (Å²) in [6.45, 7) is 13.6. The number of ether oxygens (including phenoxy) is 4. The van der Waals surface area contributed by atoms with E-state index in [-0.39, 0.29) is 23.9 Å². The second-order valence-electron chi connectivity index (χ2n) is 9.81. The van der Waals surface area contributed by atoms with Crippen molar-refractivity contribution < 1.29 is 43.2 Å². The molecule has 2 saturated carbocycles. The summed E-state index contributed by atoms with van der Waals surface area (Å²) in [5.41, 5.74) is -1.00. The molecule has 0 bridgehead atoms. The first-order valence-electron chi connectivity index (χ1n) is 11.5. The maximum atomic E-state index is 12.7. The van der Waals surface area contributed by atoms with Gasteiger partial charge in [0.05, 0.1) is 17.9 Å². The largest absolute Gasteiger partial charge is 0.462 e. The maximum absolute atomic E-state index is 12.7. The molecule has 0 amide bonds. The smallest absolute Gasteiger partial charge is 0.334 e. The van der Waals surface area contributed by atoms with E-state index in [1.54, 1.807) is 20.8 Å². The van der Waals surface area contributed by atoms with Gasteiger partial charge in [-0.3, -0.25) is 14.4 Å². The molecule has 1 saturated heterocycles. The molecule has 3 fully saturated rings. The van der Waals surface area contributed by atoms with Crippen molar-refractivity contribution >= 4 is 23.9 Å². The summed E-state index contributed by atoms with van der Waals surface area (Å²) in [6, 6.07) is 0. The van der Waals surface area contributed by atoms with Gasteiger partial charge in [0.2, 0.25) is 0 Å². The number of fused-ring (bicyclic) bond motifs is 2. The minimum Gasteiger partial charge on any atom is -0.462 e. The van der Waals surface area contributed by atoms with Crippen LogP contribution < -0.4 is 0 Å². The monoisotopic (exact) mass is 466 g/mol. The minimum atomic E-state index is -1.14. The highest BCUT2D eigenvalue weighted by Crippen LogP contribution is 2.59. The molecule has 1 aliphatic heterocycles.